The van der Waals surface area contributed by atoms with Gasteiger partial charge in [0.1, 0.15) is 17.2 Å². The molecule has 3 rings (SSSR count). The molecule has 27 heavy (non-hydrogen) atoms. The van der Waals surface area contributed by atoms with E-state index in [1.54, 1.807) is 43.3 Å². The van der Waals surface area contributed by atoms with Gasteiger partial charge >= 0.3 is 0 Å². The molecule has 0 aliphatic rings. The molecule has 5 heteroatoms. The van der Waals surface area contributed by atoms with E-state index in [2.05, 4.69) is 5.32 Å². The van der Waals surface area contributed by atoms with Crippen molar-refractivity contribution in [2.45, 2.75) is 20.0 Å². The van der Waals surface area contributed by atoms with E-state index >= 15 is 0 Å². The molecule has 0 aliphatic carbocycles. The first-order valence-corrected chi connectivity index (χ1v) is 8.95. The van der Waals surface area contributed by atoms with Gasteiger partial charge in [-0.1, -0.05) is 23.7 Å². The summed E-state index contributed by atoms with van der Waals surface area (Å²) in [6.07, 6.45) is -0.644. The van der Waals surface area contributed by atoms with E-state index in [0.29, 0.717) is 22.2 Å². The molecule has 138 valence electrons. The van der Waals surface area contributed by atoms with Gasteiger partial charge in [0.25, 0.3) is 5.91 Å². The molecule has 3 aromatic carbocycles. The summed E-state index contributed by atoms with van der Waals surface area (Å²) < 4.78 is 11.4. The van der Waals surface area contributed by atoms with Gasteiger partial charge in [-0.3, -0.25) is 4.79 Å². The summed E-state index contributed by atoms with van der Waals surface area (Å²) in [5.41, 5.74) is 1.80. The monoisotopic (exact) mass is 381 g/mol. The molecule has 0 aliphatic heterocycles. The van der Waals surface area contributed by atoms with Crippen LogP contribution in [0.5, 0.6) is 17.2 Å². The van der Waals surface area contributed by atoms with Crippen molar-refractivity contribution in [3.05, 3.63) is 83.4 Å². The predicted octanol–water partition coefficient (Wildman–Crippen LogP) is 5.85. The molecule has 0 spiro atoms. The maximum absolute atomic E-state index is 12.3. The first-order valence-electron chi connectivity index (χ1n) is 8.57. The van der Waals surface area contributed by atoms with Gasteiger partial charge in [0, 0.05) is 10.7 Å². The van der Waals surface area contributed by atoms with Crippen molar-refractivity contribution in [1.82, 2.24) is 0 Å². The number of benzene rings is 3. The number of ether oxygens (including phenoxy) is 2. The van der Waals surface area contributed by atoms with Gasteiger partial charge in [0.05, 0.1) is 0 Å². The quantitative estimate of drug-likeness (QED) is 0.582. The first-order chi connectivity index (χ1) is 13.0. The Balaban J connectivity index is 1.56. The highest BCUT2D eigenvalue weighted by Gasteiger charge is 2.15. The maximum Gasteiger partial charge on any atom is 0.265 e. The Bertz CT molecular complexity index is 908. The summed E-state index contributed by atoms with van der Waals surface area (Å²) in [7, 11) is 0. The number of amides is 1. The number of anilines is 1. The number of hydrogen-bond donors (Lipinski definition) is 1. The van der Waals surface area contributed by atoms with E-state index in [9.17, 15) is 4.79 Å². The summed E-state index contributed by atoms with van der Waals surface area (Å²) in [6.45, 7) is 3.71. The lowest BCUT2D eigenvalue weighted by Gasteiger charge is -2.15. The Hall–Kier alpha value is -2.98. The summed E-state index contributed by atoms with van der Waals surface area (Å²) in [4.78, 5) is 12.3. The Morgan fingerprint density at radius 1 is 0.926 bits per heavy atom. The molecule has 3 aromatic rings. The van der Waals surface area contributed by atoms with Gasteiger partial charge in [0.2, 0.25) is 0 Å². The SMILES string of the molecule is Cc1cccc(Oc2ccc(NC(=O)[C@H](C)Oc3ccc(Cl)cc3)cc2)c1. The molecule has 0 aromatic heterocycles. The van der Waals surface area contributed by atoms with Crippen LogP contribution < -0.4 is 14.8 Å². The van der Waals surface area contributed by atoms with E-state index in [1.807, 2.05) is 43.3 Å². The lowest BCUT2D eigenvalue weighted by molar-refractivity contribution is -0.122. The van der Waals surface area contributed by atoms with E-state index in [-0.39, 0.29) is 5.91 Å². The van der Waals surface area contributed by atoms with Gasteiger partial charge in [-0.15, -0.1) is 0 Å². The summed E-state index contributed by atoms with van der Waals surface area (Å²) >= 11 is 5.84. The fourth-order valence-electron chi connectivity index (χ4n) is 2.44. The fourth-order valence-corrected chi connectivity index (χ4v) is 2.56. The first kappa shape index (κ1) is 18.8. The highest BCUT2D eigenvalue weighted by Crippen LogP contribution is 2.24. The van der Waals surface area contributed by atoms with E-state index in [1.165, 1.54) is 0 Å². The fraction of sp³-hybridized carbons (Fsp3) is 0.136. The number of carbonyl (C=O) groups excluding carboxylic acids is 1. The second-order valence-corrected chi connectivity index (χ2v) is 6.58. The molecule has 1 atom stereocenters. The zero-order valence-electron chi connectivity index (χ0n) is 15.1. The van der Waals surface area contributed by atoms with Crippen LogP contribution in [0.15, 0.2) is 72.8 Å². The number of halogens is 1. The van der Waals surface area contributed by atoms with Crippen LogP contribution in [0.25, 0.3) is 0 Å². The molecule has 1 amide bonds. The topological polar surface area (TPSA) is 47.6 Å². The minimum absolute atomic E-state index is 0.239. The average Bonchev–Trinajstić information content (AvgIpc) is 2.65. The number of nitrogens with one attached hydrogen (secondary N) is 1. The lowest BCUT2D eigenvalue weighted by Crippen LogP contribution is -2.30. The van der Waals surface area contributed by atoms with Crippen LogP contribution in [0.1, 0.15) is 12.5 Å². The number of hydrogen-bond acceptors (Lipinski definition) is 3. The highest BCUT2D eigenvalue weighted by molar-refractivity contribution is 6.30. The van der Waals surface area contributed by atoms with Gasteiger partial charge in [0.15, 0.2) is 6.10 Å². The van der Waals surface area contributed by atoms with E-state index in [4.69, 9.17) is 21.1 Å². The molecular formula is C22H20ClNO3. The zero-order valence-corrected chi connectivity index (χ0v) is 15.9. The summed E-state index contributed by atoms with van der Waals surface area (Å²) in [5.74, 6) is 1.82. The smallest absolute Gasteiger partial charge is 0.265 e. The van der Waals surface area contributed by atoms with Gasteiger partial charge in [-0.05, 0) is 80.1 Å². The van der Waals surface area contributed by atoms with Crippen LogP contribution in [-0.2, 0) is 4.79 Å². The third-order valence-electron chi connectivity index (χ3n) is 3.84. The van der Waals surface area contributed by atoms with Crippen molar-refractivity contribution in [1.29, 1.82) is 0 Å². The third kappa shape index (κ3) is 5.50. The standard InChI is InChI=1S/C22H20ClNO3/c1-15-4-3-5-21(14-15)27-20-12-8-18(9-13-20)24-22(25)16(2)26-19-10-6-17(23)7-11-19/h3-14,16H,1-2H3,(H,24,25)/t16-/m0/s1. The van der Waals surface area contributed by atoms with Crippen molar-refractivity contribution >= 4 is 23.2 Å². The minimum atomic E-state index is -0.644. The molecule has 0 fully saturated rings. The Labute approximate surface area is 163 Å². The van der Waals surface area contributed by atoms with Crippen LogP contribution in [0.2, 0.25) is 5.02 Å². The van der Waals surface area contributed by atoms with Crippen LogP contribution in [0, 0.1) is 6.92 Å². The van der Waals surface area contributed by atoms with Gasteiger partial charge in [-0.25, -0.2) is 0 Å². The Morgan fingerprint density at radius 2 is 1.59 bits per heavy atom. The van der Waals surface area contributed by atoms with Crippen LogP contribution in [-0.4, -0.2) is 12.0 Å². The minimum Gasteiger partial charge on any atom is -0.481 e. The molecule has 0 radical (unpaired) electrons. The highest BCUT2D eigenvalue weighted by atomic mass is 35.5. The van der Waals surface area contributed by atoms with Crippen molar-refractivity contribution in [2.24, 2.45) is 0 Å². The molecule has 4 nitrogen and oxygen atoms in total. The largest absolute Gasteiger partial charge is 0.481 e. The summed E-state index contributed by atoms with van der Waals surface area (Å²) in [6, 6.07) is 21.9. The average molecular weight is 382 g/mol. The second-order valence-electron chi connectivity index (χ2n) is 6.15. The molecule has 1 N–H and O–H groups in total. The van der Waals surface area contributed by atoms with Crippen molar-refractivity contribution in [3.8, 4) is 17.2 Å². The summed E-state index contributed by atoms with van der Waals surface area (Å²) in [5, 5.41) is 3.45. The third-order valence-corrected chi connectivity index (χ3v) is 4.09. The van der Waals surface area contributed by atoms with Crippen LogP contribution in [0.4, 0.5) is 5.69 Å². The van der Waals surface area contributed by atoms with Crippen molar-refractivity contribution in [2.75, 3.05) is 5.32 Å². The number of carbonyl (C=O) groups is 1. The second kappa shape index (κ2) is 8.60. The predicted molar refractivity (Wildman–Crippen MR) is 108 cm³/mol. The lowest BCUT2D eigenvalue weighted by atomic mass is 10.2. The van der Waals surface area contributed by atoms with E-state index < -0.39 is 6.10 Å². The zero-order chi connectivity index (χ0) is 19.2. The number of aryl methyl sites for hydroxylation is 1. The Kier molecular flexibility index (Phi) is 5.99. The van der Waals surface area contributed by atoms with Gasteiger partial charge in [-0.2, -0.15) is 0 Å². The Morgan fingerprint density at radius 3 is 2.26 bits per heavy atom. The normalized spacial score (nSPS) is 11.5. The van der Waals surface area contributed by atoms with E-state index in [0.717, 1.165) is 11.3 Å². The molecule has 0 heterocycles. The molecule has 0 saturated heterocycles. The molecular weight excluding hydrogens is 362 g/mol. The van der Waals surface area contributed by atoms with Gasteiger partial charge < -0.3 is 14.8 Å². The van der Waals surface area contributed by atoms with Crippen molar-refractivity contribution < 1.29 is 14.3 Å². The molecule has 0 unspecified atom stereocenters. The van der Waals surface area contributed by atoms with Crippen molar-refractivity contribution in [3.63, 3.8) is 0 Å². The molecule has 0 bridgehead atoms. The maximum atomic E-state index is 12.3. The number of rotatable bonds is 6. The van der Waals surface area contributed by atoms with Crippen LogP contribution in [0.3, 0.4) is 0 Å². The van der Waals surface area contributed by atoms with Crippen LogP contribution >= 0.6 is 11.6 Å². The molecule has 0 saturated carbocycles.